The summed E-state index contributed by atoms with van der Waals surface area (Å²) in [4.78, 5) is 19.4. The van der Waals surface area contributed by atoms with Gasteiger partial charge in [-0.3, -0.25) is 4.79 Å². The van der Waals surface area contributed by atoms with Crippen molar-refractivity contribution in [2.45, 2.75) is 64.0 Å². The van der Waals surface area contributed by atoms with Crippen molar-refractivity contribution in [3.05, 3.63) is 63.6 Å². The van der Waals surface area contributed by atoms with E-state index in [0.717, 1.165) is 61.2 Å². The minimum atomic E-state index is -0.378. The van der Waals surface area contributed by atoms with Crippen LogP contribution in [0.1, 0.15) is 63.0 Å². The van der Waals surface area contributed by atoms with Gasteiger partial charge in [-0.2, -0.15) is 0 Å². The lowest BCUT2D eigenvalue weighted by Crippen LogP contribution is -2.53. The molecule has 1 saturated carbocycles. The Kier molecular flexibility index (Phi) is 9.15. The molecule has 1 aliphatic carbocycles. The number of carbonyl (C=O) groups excluding carboxylic acids is 1. The summed E-state index contributed by atoms with van der Waals surface area (Å²) < 4.78 is 0. The predicted octanol–water partition coefficient (Wildman–Crippen LogP) is 5.64. The molecule has 0 bridgehead atoms. The highest BCUT2D eigenvalue weighted by molar-refractivity contribution is 6.35. The van der Waals surface area contributed by atoms with Crippen LogP contribution in [0.5, 0.6) is 0 Å². The van der Waals surface area contributed by atoms with Crippen LogP contribution in [0.2, 0.25) is 10.0 Å². The number of hydrogen-bond acceptors (Lipinski definition) is 3. The minimum Gasteiger partial charge on any atom is -0.370 e. The molecular formula is C28H37Cl2N5O. The molecule has 8 heteroatoms. The SMILES string of the molecule is CC1CCC(/N=C(/Nc2ccc(C(CC(N)=O)c3ccc(Cl)cc3Cl)cc2)N2CCN[C@H](C)C2)CC1. The van der Waals surface area contributed by atoms with Gasteiger partial charge in [0.05, 0.1) is 6.04 Å². The summed E-state index contributed by atoms with van der Waals surface area (Å²) in [6.07, 6.45) is 4.93. The van der Waals surface area contributed by atoms with Gasteiger partial charge in [0.15, 0.2) is 5.96 Å². The average Bonchev–Trinajstić information content (AvgIpc) is 2.84. The Morgan fingerprint density at radius 3 is 2.50 bits per heavy atom. The molecule has 1 heterocycles. The molecule has 2 fully saturated rings. The van der Waals surface area contributed by atoms with Gasteiger partial charge in [0.1, 0.15) is 0 Å². The van der Waals surface area contributed by atoms with Crippen LogP contribution in [-0.2, 0) is 4.79 Å². The van der Waals surface area contributed by atoms with E-state index < -0.39 is 0 Å². The molecule has 0 spiro atoms. The topological polar surface area (TPSA) is 82.7 Å². The number of primary amides is 1. The lowest BCUT2D eigenvalue weighted by atomic mass is 9.88. The Hall–Kier alpha value is -2.28. The van der Waals surface area contributed by atoms with Gasteiger partial charge < -0.3 is 21.3 Å². The van der Waals surface area contributed by atoms with Crippen LogP contribution in [0.3, 0.4) is 0 Å². The first-order chi connectivity index (χ1) is 17.3. The number of piperazine rings is 1. The third-order valence-electron chi connectivity index (χ3n) is 7.27. The van der Waals surface area contributed by atoms with E-state index in [1.165, 1.54) is 12.8 Å². The fourth-order valence-electron chi connectivity index (χ4n) is 5.18. The quantitative estimate of drug-likeness (QED) is 0.334. The van der Waals surface area contributed by atoms with E-state index in [9.17, 15) is 4.79 Å². The summed E-state index contributed by atoms with van der Waals surface area (Å²) in [6.45, 7) is 7.33. The minimum absolute atomic E-state index is 0.166. The highest BCUT2D eigenvalue weighted by Gasteiger charge is 2.24. The van der Waals surface area contributed by atoms with Gasteiger partial charge in [0, 0.05) is 53.7 Å². The van der Waals surface area contributed by atoms with E-state index in [2.05, 4.69) is 29.4 Å². The number of nitrogens with two attached hydrogens (primary N) is 1. The highest BCUT2D eigenvalue weighted by Crippen LogP contribution is 2.35. The van der Waals surface area contributed by atoms with Gasteiger partial charge in [0.2, 0.25) is 5.91 Å². The maximum Gasteiger partial charge on any atom is 0.218 e. The zero-order valence-corrected chi connectivity index (χ0v) is 22.7. The number of anilines is 1. The molecule has 2 atom stereocenters. The molecule has 36 heavy (non-hydrogen) atoms. The maximum atomic E-state index is 11.9. The lowest BCUT2D eigenvalue weighted by Gasteiger charge is -2.35. The van der Waals surface area contributed by atoms with Gasteiger partial charge in [-0.05, 0) is 73.9 Å². The number of nitrogens with zero attached hydrogens (tertiary/aromatic N) is 2. The Labute approximate surface area is 224 Å². The second-order valence-electron chi connectivity index (χ2n) is 10.3. The van der Waals surface area contributed by atoms with Crippen molar-refractivity contribution >= 4 is 40.8 Å². The molecular weight excluding hydrogens is 493 g/mol. The molecule has 1 amide bonds. The largest absolute Gasteiger partial charge is 0.370 e. The Balaban J connectivity index is 1.56. The number of halogens is 2. The van der Waals surface area contributed by atoms with Crippen LogP contribution < -0.4 is 16.4 Å². The molecule has 2 aliphatic rings. The number of carbonyl (C=O) groups is 1. The van der Waals surface area contributed by atoms with Gasteiger partial charge in [0.25, 0.3) is 0 Å². The second-order valence-corrected chi connectivity index (χ2v) is 11.1. The van der Waals surface area contributed by atoms with E-state index in [1.807, 2.05) is 30.3 Å². The van der Waals surface area contributed by atoms with Crippen LogP contribution in [0, 0.1) is 5.92 Å². The summed E-state index contributed by atoms with van der Waals surface area (Å²) in [5.74, 6) is 1.12. The monoisotopic (exact) mass is 529 g/mol. The number of rotatable bonds is 6. The molecule has 4 rings (SSSR count). The van der Waals surface area contributed by atoms with Crippen molar-refractivity contribution in [1.82, 2.24) is 10.2 Å². The summed E-state index contributed by atoms with van der Waals surface area (Å²) in [6, 6.07) is 14.3. The van der Waals surface area contributed by atoms with Crippen molar-refractivity contribution in [2.24, 2.45) is 16.6 Å². The highest BCUT2D eigenvalue weighted by atomic mass is 35.5. The fraction of sp³-hybridized carbons (Fsp3) is 0.500. The van der Waals surface area contributed by atoms with Crippen molar-refractivity contribution < 1.29 is 4.79 Å². The van der Waals surface area contributed by atoms with Crippen molar-refractivity contribution in [1.29, 1.82) is 0 Å². The first-order valence-corrected chi connectivity index (χ1v) is 13.7. The van der Waals surface area contributed by atoms with E-state index in [4.69, 9.17) is 33.9 Å². The van der Waals surface area contributed by atoms with Gasteiger partial charge in [-0.15, -0.1) is 0 Å². The molecule has 4 N–H and O–H groups in total. The molecule has 1 saturated heterocycles. The standard InChI is InChI=1S/C28H37Cl2N5O/c1-18-3-8-22(9-4-18)33-28(35-14-13-32-19(2)17-35)34-23-10-5-20(6-11-23)25(16-27(31)36)24-12-7-21(29)15-26(24)30/h5-7,10-12,15,18-19,22,25,32H,3-4,8-9,13-14,16-17H2,1-2H3,(H2,31,36)(H,33,34)/t18?,19-,22?,25?/m1/s1. The number of hydrogen-bond donors (Lipinski definition) is 3. The van der Waals surface area contributed by atoms with Gasteiger partial charge >= 0.3 is 0 Å². The Morgan fingerprint density at radius 1 is 1.14 bits per heavy atom. The molecule has 1 unspecified atom stereocenters. The number of benzene rings is 2. The number of guanidine groups is 1. The third-order valence-corrected chi connectivity index (χ3v) is 7.83. The zero-order chi connectivity index (χ0) is 25.7. The summed E-state index contributed by atoms with van der Waals surface area (Å²) >= 11 is 12.6. The van der Waals surface area contributed by atoms with Crippen molar-refractivity contribution in [3.8, 4) is 0 Å². The molecule has 194 valence electrons. The molecule has 1 aliphatic heterocycles. The molecule has 2 aromatic rings. The number of nitrogens with one attached hydrogen (secondary N) is 2. The first-order valence-electron chi connectivity index (χ1n) is 12.9. The van der Waals surface area contributed by atoms with Crippen LogP contribution in [0.4, 0.5) is 5.69 Å². The Bertz CT molecular complexity index is 1070. The summed E-state index contributed by atoms with van der Waals surface area (Å²) in [7, 11) is 0. The third kappa shape index (κ3) is 7.15. The molecule has 0 aromatic heterocycles. The van der Waals surface area contributed by atoms with Gasteiger partial charge in [-0.1, -0.05) is 48.3 Å². The van der Waals surface area contributed by atoms with Crippen LogP contribution >= 0.6 is 23.2 Å². The van der Waals surface area contributed by atoms with E-state index >= 15 is 0 Å². The summed E-state index contributed by atoms with van der Waals surface area (Å²) in [5, 5.41) is 8.21. The van der Waals surface area contributed by atoms with E-state index in [1.54, 1.807) is 12.1 Å². The Morgan fingerprint density at radius 2 is 1.86 bits per heavy atom. The average molecular weight is 531 g/mol. The van der Waals surface area contributed by atoms with Crippen molar-refractivity contribution in [2.75, 3.05) is 25.0 Å². The van der Waals surface area contributed by atoms with E-state index in [-0.39, 0.29) is 18.2 Å². The second kappa shape index (κ2) is 12.3. The molecule has 6 nitrogen and oxygen atoms in total. The summed E-state index contributed by atoms with van der Waals surface area (Å²) in [5.41, 5.74) is 8.36. The smallest absolute Gasteiger partial charge is 0.218 e. The lowest BCUT2D eigenvalue weighted by molar-refractivity contribution is -0.118. The van der Waals surface area contributed by atoms with Crippen LogP contribution in [0.15, 0.2) is 47.5 Å². The van der Waals surface area contributed by atoms with Crippen LogP contribution in [-0.4, -0.2) is 48.5 Å². The number of aliphatic imine (C=N–C) groups is 1. The first kappa shape index (κ1) is 26.8. The number of amides is 1. The molecule has 2 aromatic carbocycles. The van der Waals surface area contributed by atoms with E-state index in [0.29, 0.717) is 22.1 Å². The van der Waals surface area contributed by atoms with Crippen molar-refractivity contribution in [3.63, 3.8) is 0 Å². The van der Waals surface area contributed by atoms with Crippen LogP contribution in [0.25, 0.3) is 0 Å². The maximum absolute atomic E-state index is 11.9. The fourth-order valence-corrected chi connectivity index (χ4v) is 5.72. The zero-order valence-electron chi connectivity index (χ0n) is 21.1. The molecule has 0 radical (unpaired) electrons. The van der Waals surface area contributed by atoms with Gasteiger partial charge in [-0.25, -0.2) is 4.99 Å². The normalized spacial score (nSPS) is 23.8. The predicted molar refractivity (Wildman–Crippen MR) is 150 cm³/mol.